The maximum Gasteiger partial charge on any atom is 0.235 e. The van der Waals surface area contributed by atoms with Gasteiger partial charge in [-0.15, -0.1) is 0 Å². The summed E-state index contributed by atoms with van der Waals surface area (Å²) in [5.74, 6) is -10.0. The number of phenols is 1. The number of likely N-dealkylation sites (N-methyl/N-ethyl adjacent to an activating group) is 1. The van der Waals surface area contributed by atoms with E-state index in [0.29, 0.717) is 22.3 Å². The van der Waals surface area contributed by atoms with Crippen LogP contribution in [0, 0.1) is 28.6 Å². The number of phenolic OH excluding ortho intramolecular Hbond substituents is 1. The van der Waals surface area contributed by atoms with Crippen molar-refractivity contribution in [3.05, 3.63) is 59.3 Å². The number of carbonyl (C=O) groups is 5. The molecule has 0 radical (unpaired) electrons. The number of aromatic nitrogens is 1. The van der Waals surface area contributed by atoms with Gasteiger partial charge in [-0.1, -0.05) is 39.0 Å². The van der Waals surface area contributed by atoms with Crippen LogP contribution in [0.5, 0.6) is 5.75 Å². The average molecular weight is 637 g/mol. The number of fused-ring (bicyclic) bond motifs is 4. The van der Waals surface area contributed by atoms with Crippen LogP contribution in [0.3, 0.4) is 0 Å². The number of primary amides is 1. The minimum absolute atomic E-state index is 0.146. The van der Waals surface area contributed by atoms with E-state index in [1.165, 1.54) is 19.0 Å². The normalized spacial score (nSPS) is 30.5. The van der Waals surface area contributed by atoms with E-state index in [1.807, 2.05) is 51.1 Å². The number of Topliss-reactive ketones (excluding diaryl/α,β-unsaturated/α-hetero) is 4. The summed E-state index contributed by atoms with van der Waals surface area (Å²) in [5.41, 5.74) is 14.5. The molecule has 1 heterocycles. The number of para-hydroxylation sites is 1. The highest BCUT2D eigenvalue weighted by Gasteiger charge is 2.78. The van der Waals surface area contributed by atoms with Gasteiger partial charge >= 0.3 is 0 Å². The van der Waals surface area contributed by atoms with Gasteiger partial charge in [0.25, 0.3) is 0 Å². The van der Waals surface area contributed by atoms with Gasteiger partial charge in [0, 0.05) is 28.2 Å². The first kappa shape index (κ1) is 32.1. The quantitative estimate of drug-likeness (QED) is 0.300. The molecule has 3 aromatic rings. The van der Waals surface area contributed by atoms with Crippen molar-refractivity contribution in [3.8, 4) is 22.9 Å². The summed E-state index contributed by atoms with van der Waals surface area (Å²) in [6.07, 6.45) is 0.994. The van der Waals surface area contributed by atoms with Crippen molar-refractivity contribution in [2.45, 2.75) is 56.1 Å². The number of nitrogens with two attached hydrogens (primary N) is 3. The molecule has 1 amide bonds. The zero-order chi connectivity index (χ0) is 34.6. The largest absolute Gasteiger partial charge is 0.507 e. The van der Waals surface area contributed by atoms with Gasteiger partial charge in [-0.05, 0) is 61.7 Å². The molecule has 7 N–H and O–H groups in total. The smallest absolute Gasteiger partial charge is 0.235 e. The number of hydrogen-bond donors (Lipinski definition) is 4. The predicted molar refractivity (Wildman–Crippen MR) is 171 cm³/mol. The molecule has 1 aromatic heterocycles. The van der Waals surface area contributed by atoms with E-state index in [0.717, 1.165) is 10.9 Å². The fourth-order valence-electron chi connectivity index (χ4n) is 8.32. The second-order valence-corrected chi connectivity index (χ2v) is 14.5. The number of rotatable bonds is 3. The third-order valence-electron chi connectivity index (χ3n) is 10.3. The highest BCUT2D eigenvalue weighted by atomic mass is 16.3. The van der Waals surface area contributed by atoms with Crippen molar-refractivity contribution in [3.63, 3.8) is 0 Å². The van der Waals surface area contributed by atoms with Crippen molar-refractivity contribution >= 4 is 39.9 Å². The minimum Gasteiger partial charge on any atom is -0.507 e. The average Bonchev–Trinajstić information content (AvgIpc) is 2.95. The second kappa shape index (κ2) is 10.1. The Morgan fingerprint density at radius 2 is 1.74 bits per heavy atom. The molecule has 12 nitrogen and oxygen atoms in total. The zero-order valence-corrected chi connectivity index (χ0v) is 26.7. The van der Waals surface area contributed by atoms with E-state index in [9.17, 15) is 34.3 Å². The van der Waals surface area contributed by atoms with Crippen molar-refractivity contribution < 1.29 is 29.1 Å². The number of hydrogen-bond acceptors (Lipinski definition) is 11. The van der Waals surface area contributed by atoms with Gasteiger partial charge in [0.05, 0.1) is 28.7 Å². The van der Waals surface area contributed by atoms with E-state index >= 15 is 0 Å². The molecule has 6 rings (SSSR count). The summed E-state index contributed by atoms with van der Waals surface area (Å²) in [5, 5.41) is 23.2. The van der Waals surface area contributed by atoms with Crippen molar-refractivity contribution in [2.75, 3.05) is 14.1 Å². The first-order valence-corrected chi connectivity index (χ1v) is 15.2. The number of nitriles is 1. The van der Waals surface area contributed by atoms with E-state index in [2.05, 4.69) is 4.98 Å². The lowest BCUT2D eigenvalue weighted by Gasteiger charge is -2.60. The van der Waals surface area contributed by atoms with E-state index in [-0.39, 0.29) is 17.7 Å². The third kappa shape index (κ3) is 4.10. The summed E-state index contributed by atoms with van der Waals surface area (Å²) >= 11 is 0. The van der Waals surface area contributed by atoms with Crippen LogP contribution in [-0.2, 0) is 31.0 Å². The van der Waals surface area contributed by atoms with Gasteiger partial charge < -0.3 is 22.3 Å². The number of nitrogens with zero attached hydrogens (tertiary/aromatic N) is 3. The van der Waals surface area contributed by atoms with Crippen molar-refractivity contribution in [1.29, 1.82) is 5.26 Å². The van der Waals surface area contributed by atoms with Gasteiger partial charge in [-0.3, -0.25) is 33.9 Å². The Bertz CT molecular complexity index is 2010. The molecule has 0 saturated heterocycles. The van der Waals surface area contributed by atoms with Crippen LogP contribution in [-0.4, -0.2) is 75.2 Å². The Hall–Kier alpha value is -4.83. The Morgan fingerprint density at radius 3 is 2.34 bits per heavy atom. The fourth-order valence-corrected chi connectivity index (χ4v) is 8.32. The molecule has 3 aliphatic carbocycles. The zero-order valence-electron chi connectivity index (χ0n) is 26.7. The van der Waals surface area contributed by atoms with Crippen LogP contribution < -0.4 is 17.2 Å². The van der Waals surface area contributed by atoms with Gasteiger partial charge in [-0.2, -0.15) is 5.26 Å². The van der Waals surface area contributed by atoms with Crippen LogP contribution >= 0.6 is 0 Å². The molecule has 2 aromatic carbocycles. The maximum atomic E-state index is 14.7. The van der Waals surface area contributed by atoms with Gasteiger partial charge in [0.15, 0.2) is 34.5 Å². The molecular weight excluding hydrogens is 600 g/mol. The summed E-state index contributed by atoms with van der Waals surface area (Å²) in [7, 11) is 2.93. The van der Waals surface area contributed by atoms with Gasteiger partial charge in [0.2, 0.25) is 5.91 Å². The lowest BCUT2D eigenvalue weighted by atomic mass is 9.42. The van der Waals surface area contributed by atoms with Crippen molar-refractivity contribution in [1.82, 2.24) is 9.88 Å². The Kier molecular flexibility index (Phi) is 6.89. The molecule has 2 fully saturated rings. The van der Waals surface area contributed by atoms with E-state index in [1.54, 1.807) is 18.3 Å². The molecule has 6 atom stereocenters. The molecule has 12 heteroatoms. The monoisotopic (exact) mass is 636 g/mol. The third-order valence-corrected chi connectivity index (χ3v) is 10.3. The maximum absolute atomic E-state index is 14.7. The molecule has 2 saturated carbocycles. The topological polar surface area (TPSA) is 224 Å². The summed E-state index contributed by atoms with van der Waals surface area (Å²) in [4.78, 5) is 75.5. The van der Waals surface area contributed by atoms with Gasteiger partial charge in [-0.25, -0.2) is 0 Å². The Morgan fingerprint density at radius 1 is 1.09 bits per heavy atom. The molecule has 3 aliphatic rings. The van der Waals surface area contributed by atoms with E-state index < -0.39 is 75.2 Å². The van der Waals surface area contributed by atoms with Crippen LogP contribution in [0.25, 0.3) is 22.0 Å². The molecular formula is C35H36N6O6. The summed E-state index contributed by atoms with van der Waals surface area (Å²) in [6.45, 7) is 5.58. The first-order valence-electron chi connectivity index (χ1n) is 15.2. The molecule has 0 bridgehead atoms. The fraction of sp³-hybridized carbons (Fsp3) is 0.400. The summed E-state index contributed by atoms with van der Waals surface area (Å²) in [6, 6.07) is 11.4. The standard InChI is InChI=1S/C35H36N6O6/c1-32(2,3)20-11-18(17-10-16-8-6-7-9-21(16)40-13-17)19-12-33(38)14-35(39)28(41(4)5)27(44)23(31(37)47)29(45)34(35,15-36)30(46)24(33)26(43)22(19)25(20)42/h6-11,13,23-24,28,42H,12,14,38-39H2,1-5H3,(H2,37,47)/t23?,24?,28-,33-,34+,35-/m1/s1. The Labute approximate surface area is 270 Å². The lowest BCUT2D eigenvalue weighted by Crippen LogP contribution is -2.85. The lowest BCUT2D eigenvalue weighted by molar-refractivity contribution is -0.166. The molecule has 2 unspecified atom stereocenters. The predicted octanol–water partition coefficient (Wildman–Crippen LogP) is 1.32. The number of benzene rings is 2. The second-order valence-electron chi connectivity index (χ2n) is 14.5. The Balaban J connectivity index is 1.65. The number of carbonyl (C=O) groups excluding carboxylic acids is 5. The number of pyridine rings is 1. The highest BCUT2D eigenvalue weighted by Crippen LogP contribution is 2.57. The molecule has 0 aliphatic heterocycles. The first-order chi connectivity index (χ1) is 21.9. The minimum atomic E-state index is -2.81. The highest BCUT2D eigenvalue weighted by molar-refractivity contribution is 6.33. The van der Waals surface area contributed by atoms with Crippen LogP contribution in [0.15, 0.2) is 42.6 Å². The number of ketones is 4. The number of amides is 1. The van der Waals surface area contributed by atoms with Crippen LogP contribution in [0.1, 0.15) is 48.7 Å². The van der Waals surface area contributed by atoms with E-state index in [4.69, 9.17) is 17.2 Å². The molecule has 0 spiro atoms. The van der Waals surface area contributed by atoms with Crippen LogP contribution in [0.4, 0.5) is 0 Å². The SMILES string of the molecule is CN(C)[C@@H]1C(=O)C(C(N)=O)C(=O)[C@@]2(C#N)C(=O)C3C(=O)c4c(O)c(C(C)(C)C)cc(-c5cnc6ccccc6c5)c4C[C@@]3(N)C[C@@]12N. The number of aromatic hydroxyl groups is 1. The van der Waals surface area contributed by atoms with Crippen molar-refractivity contribution in [2.24, 2.45) is 34.5 Å². The molecule has 47 heavy (non-hydrogen) atoms. The van der Waals surface area contributed by atoms with Crippen LogP contribution in [0.2, 0.25) is 0 Å². The molecule has 242 valence electrons. The summed E-state index contributed by atoms with van der Waals surface area (Å²) < 4.78 is 0. The van der Waals surface area contributed by atoms with Gasteiger partial charge in [0.1, 0.15) is 11.7 Å².